The number of aromatic nitrogens is 2. The molecule has 0 aliphatic rings. The van der Waals surface area contributed by atoms with E-state index in [1.54, 1.807) is 12.1 Å². The molecule has 3 rings (SSSR count). The van der Waals surface area contributed by atoms with Gasteiger partial charge < -0.3 is 4.42 Å². The molecule has 1 atom stereocenters. The maximum atomic E-state index is 6.37. The average Bonchev–Trinajstić information content (AvgIpc) is 2.97. The molecule has 1 aromatic heterocycles. The van der Waals surface area contributed by atoms with Crippen LogP contribution in [0.15, 0.2) is 57.4 Å². The summed E-state index contributed by atoms with van der Waals surface area (Å²) in [6.45, 7) is 0. The second kappa shape index (κ2) is 6.18. The standard InChI is InChI=1S/C15H9BrCl2N2O/c16-12-8-10(17)6-7-11(12)14-19-20-15(21-14)13(18)9-4-2-1-3-5-9/h1-8,13H. The molecule has 106 valence electrons. The Bertz CT molecular complexity index is 761. The maximum absolute atomic E-state index is 6.37. The third-order valence-electron chi connectivity index (χ3n) is 2.91. The van der Waals surface area contributed by atoms with E-state index in [9.17, 15) is 0 Å². The molecule has 0 fully saturated rings. The molecule has 0 spiro atoms. The fourth-order valence-corrected chi connectivity index (χ4v) is 2.96. The summed E-state index contributed by atoms with van der Waals surface area (Å²) in [4.78, 5) is 0. The van der Waals surface area contributed by atoms with Gasteiger partial charge in [0, 0.05) is 9.50 Å². The van der Waals surface area contributed by atoms with Crippen LogP contribution in [0.25, 0.3) is 11.5 Å². The van der Waals surface area contributed by atoms with Crippen molar-refractivity contribution in [1.29, 1.82) is 0 Å². The normalized spacial score (nSPS) is 12.3. The maximum Gasteiger partial charge on any atom is 0.248 e. The summed E-state index contributed by atoms with van der Waals surface area (Å²) in [7, 11) is 0. The Morgan fingerprint density at radius 1 is 1.05 bits per heavy atom. The van der Waals surface area contributed by atoms with Crippen LogP contribution < -0.4 is 0 Å². The Morgan fingerprint density at radius 3 is 2.52 bits per heavy atom. The van der Waals surface area contributed by atoms with Gasteiger partial charge in [0.2, 0.25) is 11.8 Å². The van der Waals surface area contributed by atoms with Crippen LogP contribution in [0, 0.1) is 0 Å². The van der Waals surface area contributed by atoms with Gasteiger partial charge in [0.05, 0.1) is 5.56 Å². The molecule has 0 radical (unpaired) electrons. The van der Waals surface area contributed by atoms with E-state index in [2.05, 4.69) is 26.1 Å². The van der Waals surface area contributed by atoms with E-state index in [0.29, 0.717) is 16.8 Å². The van der Waals surface area contributed by atoms with Crippen LogP contribution in [0.2, 0.25) is 5.02 Å². The van der Waals surface area contributed by atoms with Gasteiger partial charge in [-0.25, -0.2) is 0 Å². The number of hydrogen-bond acceptors (Lipinski definition) is 3. The van der Waals surface area contributed by atoms with E-state index in [0.717, 1.165) is 15.6 Å². The first-order valence-electron chi connectivity index (χ1n) is 6.13. The molecule has 1 unspecified atom stereocenters. The topological polar surface area (TPSA) is 38.9 Å². The van der Waals surface area contributed by atoms with Crippen LogP contribution >= 0.6 is 39.1 Å². The summed E-state index contributed by atoms with van der Waals surface area (Å²) >= 11 is 15.7. The Labute approximate surface area is 140 Å². The van der Waals surface area contributed by atoms with Crippen molar-refractivity contribution in [3.05, 3.63) is 69.5 Å². The molecule has 0 saturated carbocycles. The first-order chi connectivity index (χ1) is 10.1. The van der Waals surface area contributed by atoms with Crippen molar-refractivity contribution in [2.24, 2.45) is 0 Å². The van der Waals surface area contributed by atoms with Gasteiger partial charge in [0.1, 0.15) is 5.38 Å². The third kappa shape index (κ3) is 3.12. The van der Waals surface area contributed by atoms with Crippen LogP contribution in [-0.4, -0.2) is 10.2 Å². The van der Waals surface area contributed by atoms with Crippen LogP contribution in [0.3, 0.4) is 0 Å². The average molecular weight is 384 g/mol. The summed E-state index contributed by atoms with van der Waals surface area (Å²) in [5.41, 5.74) is 1.68. The summed E-state index contributed by atoms with van der Waals surface area (Å²) in [5, 5.41) is 8.24. The van der Waals surface area contributed by atoms with Crippen molar-refractivity contribution in [3.63, 3.8) is 0 Å². The first kappa shape index (κ1) is 14.6. The molecule has 0 saturated heterocycles. The van der Waals surface area contributed by atoms with Crippen molar-refractivity contribution in [1.82, 2.24) is 10.2 Å². The van der Waals surface area contributed by atoms with E-state index < -0.39 is 5.38 Å². The van der Waals surface area contributed by atoms with Crippen LogP contribution in [0.1, 0.15) is 16.8 Å². The third-order valence-corrected chi connectivity index (χ3v) is 4.24. The highest BCUT2D eigenvalue weighted by molar-refractivity contribution is 9.10. The lowest BCUT2D eigenvalue weighted by atomic mass is 10.1. The number of hydrogen-bond donors (Lipinski definition) is 0. The molecule has 21 heavy (non-hydrogen) atoms. The molecule has 3 aromatic rings. The Hall–Kier alpha value is -1.36. The SMILES string of the molecule is Clc1ccc(-c2nnc(C(Cl)c3ccccc3)o2)c(Br)c1. The zero-order valence-electron chi connectivity index (χ0n) is 10.6. The Kier molecular flexibility index (Phi) is 4.29. The van der Waals surface area contributed by atoms with Gasteiger partial charge in [-0.1, -0.05) is 41.9 Å². The lowest BCUT2D eigenvalue weighted by Crippen LogP contribution is -1.92. The summed E-state index contributed by atoms with van der Waals surface area (Å²) in [6, 6.07) is 14.9. The zero-order chi connectivity index (χ0) is 14.8. The highest BCUT2D eigenvalue weighted by Crippen LogP contribution is 2.33. The molecule has 0 bridgehead atoms. The number of alkyl halides is 1. The summed E-state index contributed by atoms with van der Waals surface area (Å²) < 4.78 is 6.47. The minimum absolute atomic E-state index is 0.361. The second-order valence-electron chi connectivity index (χ2n) is 4.34. The van der Waals surface area contributed by atoms with Crippen LogP contribution in [0.5, 0.6) is 0 Å². The van der Waals surface area contributed by atoms with E-state index in [-0.39, 0.29) is 0 Å². The molecule has 2 aromatic carbocycles. The number of rotatable bonds is 3. The smallest absolute Gasteiger partial charge is 0.248 e. The van der Waals surface area contributed by atoms with Gasteiger partial charge in [-0.05, 0) is 39.7 Å². The van der Waals surface area contributed by atoms with Crippen molar-refractivity contribution in [2.75, 3.05) is 0 Å². The van der Waals surface area contributed by atoms with Gasteiger partial charge in [-0.3, -0.25) is 0 Å². The predicted molar refractivity (Wildman–Crippen MR) is 86.6 cm³/mol. The van der Waals surface area contributed by atoms with Crippen LogP contribution in [0.4, 0.5) is 0 Å². The molecule has 0 N–H and O–H groups in total. The molecule has 6 heteroatoms. The highest BCUT2D eigenvalue weighted by atomic mass is 79.9. The Morgan fingerprint density at radius 2 is 1.81 bits per heavy atom. The molecule has 0 aliphatic heterocycles. The molecular formula is C15H9BrCl2N2O. The quantitative estimate of drug-likeness (QED) is 0.562. The van der Waals surface area contributed by atoms with Crippen molar-refractivity contribution in [3.8, 4) is 11.5 Å². The van der Waals surface area contributed by atoms with Crippen molar-refractivity contribution >= 4 is 39.1 Å². The number of nitrogens with zero attached hydrogens (tertiary/aromatic N) is 2. The van der Waals surface area contributed by atoms with E-state index in [1.807, 2.05) is 36.4 Å². The van der Waals surface area contributed by atoms with E-state index in [4.69, 9.17) is 27.6 Å². The molecule has 0 amide bonds. The van der Waals surface area contributed by atoms with E-state index in [1.165, 1.54) is 0 Å². The Balaban J connectivity index is 1.93. The summed E-state index contributed by atoms with van der Waals surface area (Å²) in [5.74, 6) is 0.759. The van der Waals surface area contributed by atoms with E-state index >= 15 is 0 Å². The fraction of sp³-hybridized carbons (Fsp3) is 0.0667. The van der Waals surface area contributed by atoms with Gasteiger partial charge in [0.25, 0.3) is 0 Å². The summed E-state index contributed by atoms with van der Waals surface area (Å²) in [6.07, 6.45) is 0. The van der Waals surface area contributed by atoms with Crippen molar-refractivity contribution < 1.29 is 4.42 Å². The fourth-order valence-electron chi connectivity index (χ4n) is 1.87. The lowest BCUT2D eigenvalue weighted by Gasteiger charge is -2.04. The van der Waals surface area contributed by atoms with Crippen LogP contribution in [-0.2, 0) is 0 Å². The van der Waals surface area contributed by atoms with Gasteiger partial charge in [-0.2, -0.15) is 0 Å². The number of halogens is 3. The van der Waals surface area contributed by atoms with Gasteiger partial charge in [-0.15, -0.1) is 21.8 Å². The van der Waals surface area contributed by atoms with Gasteiger partial charge in [0.15, 0.2) is 0 Å². The van der Waals surface area contributed by atoms with Crippen molar-refractivity contribution in [2.45, 2.75) is 5.38 Å². The molecule has 0 aliphatic carbocycles. The lowest BCUT2D eigenvalue weighted by molar-refractivity contribution is 0.513. The molecular weight excluding hydrogens is 375 g/mol. The predicted octanol–water partition coefficient (Wildman–Crippen LogP) is 5.48. The monoisotopic (exact) mass is 382 g/mol. The molecule has 1 heterocycles. The molecule has 3 nitrogen and oxygen atoms in total. The highest BCUT2D eigenvalue weighted by Gasteiger charge is 2.19. The minimum Gasteiger partial charge on any atom is -0.419 e. The van der Waals surface area contributed by atoms with Gasteiger partial charge >= 0.3 is 0 Å². The minimum atomic E-state index is -0.474. The second-order valence-corrected chi connectivity index (χ2v) is 6.07. The zero-order valence-corrected chi connectivity index (χ0v) is 13.7. The number of benzene rings is 2. The first-order valence-corrected chi connectivity index (χ1v) is 7.74. The largest absolute Gasteiger partial charge is 0.419 e.